The molecular weight excluding hydrogens is 332 g/mol. The molecule has 0 aliphatic rings. The van der Waals surface area contributed by atoms with Gasteiger partial charge in [0, 0.05) is 0 Å². The zero-order valence-corrected chi connectivity index (χ0v) is 12.9. The summed E-state index contributed by atoms with van der Waals surface area (Å²) >= 11 is 0. The third kappa shape index (κ3) is 3.79. The van der Waals surface area contributed by atoms with Gasteiger partial charge in [-0.2, -0.15) is 8.78 Å². The highest BCUT2D eigenvalue weighted by Crippen LogP contribution is 2.25. The van der Waals surface area contributed by atoms with Crippen molar-refractivity contribution in [1.29, 1.82) is 0 Å². The van der Waals surface area contributed by atoms with E-state index in [2.05, 4.69) is 15.0 Å². The summed E-state index contributed by atoms with van der Waals surface area (Å²) in [5, 5.41) is 2.48. The summed E-state index contributed by atoms with van der Waals surface area (Å²) in [5.41, 5.74) is 0.726. The monoisotopic (exact) mass is 345 g/mol. The maximum absolute atomic E-state index is 12.4. The Hall–Kier alpha value is -3.29. The Bertz CT molecular complexity index is 973. The number of benzene rings is 2. The van der Waals surface area contributed by atoms with Crippen LogP contribution in [0.25, 0.3) is 11.0 Å². The van der Waals surface area contributed by atoms with E-state index in [4.69, 9.17) is 0 Å². The van der Waals surface area contributed by atoms with Crippen LogP contribution in [0.1, 0.15) is 0 Å². The molecule has 1 aromatic heterocycles. The van der Waals surface area contributed by atoms with Crippen molar-refractivity contribution in [2.45, 2.75) is 13.2 Å². The van der Waals surface area contributed by atoms with Crippen LogP contribution in [0.5, 0.6) is 5.75 Å². The van der Waals surface area contributed by atoms with Gasteiger partial charge in [0.2, 0.25) is 5.91 Å². The van der Waals surface area contributed by atoms with Crippen molar-refractivity contribution in [3.8, 4) is 5.75 Å². The van der Waals surface area contributed by atoms with Gasteiger partial charge in [0.1, 0.15) is 12.3 Å². The molecule has 25 heavy (non-hydrogen) atoms. The minimum absolute atomic E-state index is 0.0965. The zero-order valence-electron chi connectivity index (χ0n) is 12.9. The van der Waals surface area contributed by atoms with Crippen LogP contribution in [0, 0.1) is 0 Å². The molecular formula is C17H13F2N3O3. The first-order chi connectivity index (χ1) is 12.0. The zero-order chi connectivity index (χ0) is 17.8. The van der Waals surface area contributed by atoms with E-state index in [9.17, 15) is 18.4 Å². The highest BCUT2D eigenvalue weighted by molar-refractivity contribution is 5.92. The number of alkyl halides is 2. The second-order valence-electron chi connectivity index (χ2n) is 5.09. The Kier molecular flexibility index (Phi) is 4.69. The summed E-state index contributed by atoms with van der Waals surface area (Å²) in [5.74, 6) is -0.707. The number of nitrogens with one attached hydrogen (secondary N) is 1. The van der Waals surface area contributed by atoms with Crippen LogP contribution in [0.15, 0.2) is 59.5 Å². The van der Waals surface area contributed by atoms with Gasteiger partial charge in [-0.15, -0.1) is 0 Å². The number of anilines is 1. The van der Waals surface area contributed by atoms with Gasteiger partial charge < -0.3 is 10.1 Å². The maximum Gasteiger partial charge on any atom is 0.387 e. The first kappa shape index (κ1) is 16.6. The Labute approximate surface area is 140 Å². The predicted molar refractivity (Wildman–Crippen MR) is 87.7 cm³/mol. The number of ether oxygens (including phenoxy) is 1. The number of halogens is 2. The molecule has 1 heterocycles. The lowest BCUT2D eigenvalue weighted by Gasteiger charge is -2.13. The van der Waals surface area contributed by atoms with Crippen LogP contribution >= 0.6 is 0 Å². The van der Waals surface area contributed by atoms with Gasteiger partial charge in [-0.05, 0) is 24.3 Å². The number of rotatable bonds is 5. The molecule has 1 N–H and O–H groups in total. The second kappa shape index (κ2) is 7.08. The number of para-hydroxylation sites is 4. The number of aromatic nitrogens is 2. The molecule has 0 aliphatic carbocycles. The molecule has 128 valence electrons. The van der Waals surface area contributed by atoms with Gasteiger partial charge in [0.15, 0.2) is 0 Å². The highest BCUT2D eigenvalue weighted by atomic mass is 19.3. The van der Waals surface area contributed by atoms with E-state index in [1.807, 2.05) is 0 Å². The van der Waals surface area contributed by atoms with E-state index in [-0.39, 0.29) is 18.0 Å². The Morgan fingerprint density at radius 2 is 1.88 bits per heavy atom. The molecule has 3 aromatic rings. The van der Waals surface area contributed by atoms with Gasteiger partial charge in [-0.3, -0.25) is 14.2 Å². The van der Waals surface area contributed by atoms with E-state index >= 15 is 0 Å². The third-order valence-corrected chi connectivity index (χ3v) is 3.43. The normalized spacial score (nSPS) is 10.8. The minimum Gasteiger partial charge on any atom is -0.433 e. The molecule has 2 aromatic carbocycles. The maximum atomic E-state index is 12.4. The van der Waals surface area contributed by atoms with Crippen molar-refractivity contribution in [3.05, 3.63) is 65.1 Å². The number of nitrogens with zero attached hydrogens (tertiary/aromatic N) is 2. The van der Waals surface area contributed by atoms with Crippen molar-refractivity contribution >= 4 is 22.6 Å². The summed E-state index contributed by atoms with van der Waals surface area (Å²) in [6.07, 6.45) is 1.13. The first-order valence-corrected chi connectivity index (χ1v) is 7.33. The number of hydrogen-bond donors (Lipinski definition) is 1. The third-order valence-electron chi connectivity index (χ3n) is 3.43. The van der Waals surface area contributed by atoms with Crippen molar-refractivity contribution in [2.75, 3.05) is 5.32 Å². The van der Waals surface area contributed by atoms with Gasteiger partial charge in [-0.25, -0.2) is 4.98 Å². The first-order valence-electron chi connectivity index (χ1n) is 7.33. The van der Waals surface area contributed by atoms with Gasteiger partial charge >= 0.3 is 6.61 Å². The van der Waals surface area contributed by atoms with Crippen LogP contribution in [-0.2, 0) is 11.3 Å². The summed E-state index contributed by atoms with van der Waals surface area (Å²) in [6.45, 7) is -3.30. The predicted octanol–water partition coefficient (Wildman–Crippen LogP) is 2.64. The topological polar surface area (TPSA) is 73.2 Å². The molecule has 0 unspecified atom stereocenters. The van der Waals surface area contributed by atoms with Crippen molar-refractivity contribution in [3.63, 3.8) is 0 Å². The average molecular weight is 345 g/mol. The fraction of sp³-hybridized carbons (Fsp3) is 0.118. The van der Waals surface area contributed by atoms with Gasteiger partial charge in [0.05, 0.1) is 22.9 Å². The van der Waals surface area contributed by atoms with E-state index in [1.54, 1.807) is 30.3 Å². The average Bonchev–Trinajstić information content (AvgIpc) is 2.59. The molecule has 6 nitrogen and oxygen atoms in total. The van der Waals surface area contributed by atoms with Gasteiger partial charge in [0.25, 0.3) is 5.56 Å². The number of carbonyl (C=O) groups excluding carboxylic acids is 1. The van der Waals surface area contributed by atoms with Crippen molar-refractivity contribution in [2.24, 2.45) is 0 Å². The molecule has 0 aliphatic heterocycles. The molecule has 0 atom stereocenters. The lowest BCUT2D eigenvalue weighted by atomic mass is 10.2. The van der Waals surface area contributed by atoms with Crippen molar-refractivity contribution < 1.29 is 18.3 Å². The van der Waals surface area contributed by atoms with E-state index in [1.165, 1.54) is 22.8 Å². The Morgan fingerprint density at radius 1 is 1.16 bits per heavy atom. The van der Waals surface area contributed by atoms with Crippen LogP contribution in [-0.4, -0.2) is 22.1 Å². The molecule has 1 amide bonds. The molecule has 0 saturated carbocycles. The largest absolute Gasteiger partial charge is 0.433 e. The van der Waals surface area contributed by atoms with E-state index < -0.39 is 18.1 Å². The van der Waals surface area contributed by atoms with Gasteiger partial charge in [-0.1, -0.05) is 24.3 Å². The standard InChI is InChI=1S/C17H13F2N3O3/c18-17(19)25-14-8-4-2-6-12(14)21-15(23)10-22-13-7-3-1-5-11(13)20-9-16(22)24/h1-9,17H,10H2,(H,21,23). The summed E-state index contributed by atoms with van der Waals surface area (Å²) in [4.78, 5) is 28.3. The van der Waals surface area contributed by atoms with Crippen LogP contribution < -0.4 is 15.6 Å². The fourth-order valence-electron chi connectivity index (χ4n) is 2.38. The summed E-state index contributed by atoms with van der Waals surface area (Å²) < 4.78 is 30.5. The van der Waals surface area contributed by atoms with Crippen molar-refractivity contribution in [1.82, 2.24) is 9.55 Å². The number of fused-ring (bicyclic) bond motifs is 1. The molecule has 0 saturated heterocycles. The smallest absolute Gasteiger partial charge is 0.387 e. The lowest BCUT2D eigenvalue weighted by molar-refractivity contribution is -0.116. The molecule has 0 radical (unpaired) electrons. The van der Waals surface area contributed by atoms with E-state index in [0.717, 1.165) is 6.20 Å². The Morgan fingerprint density at radius 3 is 2.68 bits per heavy atom. The highest BCUT2D eigenvalue weighted by Gasteiger charge is 2.13. The van der Waals surface area contributed by atoms with Crippen LogP contribution in [0.3, 0.4) is 0 Å². The van der Waals surface area contributed by atoms with Crippen LogP contribution in [0.4, 0.5) is 14.5 Å². The molecule has 0 spiro atoms. The number of carbonyl (C=O) groups is 1. The second-order valence-corrected chi connectivity index (χ2v) is 5.09. The Balaban J connectivity index is 1.85. The molecule has 8 heteroatoms. The molecule has 0 fully saturated rings. The van der Waals surface area contributed by atoms with Crippen LogP contribution in [0.2, 0.25) is 0 Å². The minimum atomic E-state index is -3.01. The molecule has 0 bridgehead atoms. The number of amides is 1. The molecule has 3 rings (SSSR count). The summed E-state index contributed by atoms with van der Waals surface area (Å²) in [7, 11) is 0. The van der Waals surface area contributed by atoms with E-state index in [0.29, 0.717) is 11.0 Å². The SMILES string of the molecule is O=C(Cn1c(=O)cnc2ccccc21)Nc1ccccc1OC(F)F. The lowest BCUT2D eigenvalue weighted by Crippen LogP contribution is -2.28. The quantitative estimate of drug-likeness (QED) is 0.771. The number of hydrogen-bond acceptors (Lipinski definition) is 4. The summed E-state index contributed by atoms with van der Waals surface area (Å²) in [6, 6.07) is 12.7. The fourth-order valence-corrected chi connectivity index (χ4v) is 2.38.